The molecule has 0 spiro atoms. The summed E-state index contributed by atoms with van der Waals surface area (Å²) < 4.78 is 36.0. The molecule has 1 N–H and O–H groups in total. The van der Waals surface area contributed by atoms with Crippen LogP contribution >= 0.6 is 11.7 Å². The summed E-state index contributed by atoms with van der Waals surface area (Å²) in [6, 6.07) is 10.5. The summed E-state index contributed by atoms with van der Waals surface area (Å²) in [5, 5.41) is 2.86. The number of nitrogens with one attached hydrogen (secondary N) is 1. The Balaban J connectivity index is 1.48. The number of carbonyl (C=O) groups is 1. The maximum atomic E-state index is 13.2. The smallest absolute Gasteiger partial charge is 0.245 e. The van der Waals surface area contributed by atoms with Gasteiger partial charge in [0.1, 0.15) is 15.9 Å². The first-order chi connectivity index (χ1) is 13.6. The van der Waals surface area contributed by atoms with Crippen molar-refractivity contribution in [1.29, 1.82) is 0 Å². The van der Waals surface area contributed by atoms with Crippen LogP contribution in [0.2, 0.25) is 0 Å². The molecule has 10 heteroatoms. The summed E-state index contributed by atoms with van der Waals surface area (Å²) in [7, 11) is -3.75. The van der Waals surface area contributed by atoms with Crippen molar-refractivity contribution in [2.75, 3.05) is 13.1 Å². The van der Waals surface area contributed by atoms with E-state index in [0.717, 1.165) is 17.4 Å². The third kappa shape index (κ3) is 3.75. The van der Waals surface area contributed by atoms with Crippen molar-refractivity contribution in [3.05, 3.63) is 48.3 Å². The predicted octanol–water partition coefficient (Wildman–Crippen LogP) is 1.80. The third-order valence-electron chi connectivity index (χ3n) is 4.79. The van der Waals surface area contributed by atoms with Crippen LogP contribution in [0.5, 0.6) is 0 Å². The molecule has 0 radical (unpaired) electrons. The number of benzene rings is 1. The molecule has 1 aliphatic heterocycles. The minimum absolute atomic E-state index is 0.147. The van der Waals surface area contributed by atoms with E-state index in [1.807, 2.05) is 18.2 Å². The highest BCUT2D eigenvalue weighted by Gasteiger charge is 2.34. The van der Waals surface area contributed by atoms with Crippen LogP contribution in [0.15, 0.2) is 47.5 Å². The van der Waals surface area contributed by atoms with Gasteiger partial charge in [0, 0.05) is 19.3 Å². The predicted molar refractivity (Wildman–Crippen MR) is 105 cm³/mol. The van der Waals surface area contributed by atoms with Crippen LogP contribution in [-0.4, -0.2) is 45.5 Å². The van der Waals surface area contributed by atoms with E-state index < -0.39 is 10.0 Å². The molecular weight excluding hydrogens is 398 g/mol. The highest BCUT2D eigenvalue weighted by atomic mass is 32.2. The second kappa shape index (κ2) is 7.90. The molecule has 28 heavy (non-hydrogen) atoms. The average Bonchev–Trinajstić information content (AvgIpc) is 3.21. The van der Waals surface area contributed by atoms with Crippen molar-refractivity contribution >= 4 is 38.7 Å². The van der Waals surface area contributed by atoms with E-state index in [9.17, 15) is 13.2 Å². The average molecular weight is 418 g/mol. The maximum absolute atomic E-state index is 13.2. The van der Waals surface area contributed by atoms with Gasteiger partial charge in [0.15, 0.2) is 0 Å². The lowest BCUT2D eigenvalue weighted by atomic mass is 9.99. The molecular formula is C18H19N5O3S2. The Morgan fingerprint density at radius 2 is 2.11 bits per heavy atom. The highest BCUT2D eigenvalue weighted by Crippen LogP contribution is 2.28. The Labute approximate surface area is 167 Å². The molecule has 2 aromatic heterocycles. The minimum Gasteiger partial charge on any atom is -0.350 e. The van der Waals surface area contributed by atoms with Gasteiger partial charge in [0.25, 0.3) is 0 Å². The molecule has 1 saturated heterocycles. The second-order valence-electron chi connectivity index (χ2n) is 6.63. The van der Waals surface area contributed by atoms with E-state index >= 15 is 0 Å². The molecule has 0 aliphatic carbocycles. The third-order valence-corrected chi connectivity index (χ3v) is 7.23. The molecule has 8 nitrogen and oxygen atoms in total. The molecule has 0 unspecified atom stereocenters. The molecule has 3 heterocycles. The molecule has 3 aromatic rings. The Bertz CT molecular complexity index is 1080. The van der Waals surface area contributed by atoms with Gasteiger partial charge in [-0.1, -0.05) is 12.1 Å². The number of hydrogen-bond acceptors (Lipinski definition) is 7. The van der Waals surface area contributed by atoms with Crippen molar-refractivity contribution in [1.82, 2.24) is 23.4 Å². The first kappa shape index (κ1) is 18.9. The largest absolute Gasteiger partial charge is 0.350 e. The SMILES string of the molecule is O=C(NCc1ccccn1)[C@@H]1CCCN(S(=O)(=O)c2cccc3nsnc23)C1. The van der Waals surface area contributed by atoms with Crippen molar-refractivity contribution in [2.45, 2.75) is 24.3 Å². The number of amides is 1. The van der Waals surface area contributed by atoms with E-state index in [4.69, 9.17) is 0 Å². The van der Waals surface area contributed by atoms with Gasteiger partial charge in [0.05, 0.1) is 29.9 Å². The summed E-state index contributed by atoms with van der Waals surface area (Å²) in [6.45, 7) is 0.872. The van der Waals surface area contributed by atoms with Crippen LogP contribution < -0.4 is 5.32 Å². The van der Waals surface area contributed by atoms with Gasteiger partial charge in [-0.2, -0.15) is 13.1 Å². The zero-order valence-electron chi connectivity index (χ0n) is 15.0. The molecule has 0 bridgehead atoms. The molecule has 0 saturated carbocycles. The Hall–Kier alpha value is -2.43. The lowest BCUT2D eigenvalue weighted by Crippen LogP contribution is -2.45. The van der Waals surface area contributed by atoms with Crippen molar-refractivity contribution in [3.63, 3.8) is 0 Å². The Morgan fingerprint density at radius 3 is 2.93 bits per heavy atom. The van der Waals surface area contributed by atoms with Gasteiger partial charge < -0.3 is 5.32 Å². The van der Waals surface area contributed by atoms with Gasteiger partial charge in [0.2, 0.25) is 15.9 Å². The van der Waals surface area contributed by atoms with Gasteiger partial charge in [-0.05, 0) is 37.1 Å². The Morgan fingerprint density at radius 1 is 1.21 bits per heavy atom. The zero-order valence-corrected chi connectivity index (χ0v) is 16.6. The van der Waals surface area contributed by atoms with Crippen molar-refractivity contribution < 1.29 is 13.2 Å². The van der Waals surface area contributed by atoms with Crippen molar-refractivity contribution in [3.8, 4) is 0 Å². The van der Waals surface area contributed by atoms with E-state index in [2.05, 4.69) is 19.0 Å². The monoisotopic (exact) mass is 417 g/mol. The fourth-order valence-corrected chi connectivity index (χ4v) is 5.60. The fraction of sp³-hybridized carbons (Fsp3) is 0.333. The molecule has 1 atom stereocenters. The van der Waals surface area contributed by atoms with Gasteiger partial charge in [-0.25, -0.2) is 8.42 Å². The number of pyridine rings is 1. The number of aromatic nitrogens is 3. The number of fused-ring (bicyclic) bond motifs is 1. The Kier molecular flexibility index (Phi) is 5.33. The second-order valence-corrected chi connectivity index (χ2v) is 9.06. The quantitative estimate of drug-likeness (QED) is 0.679. The summed E-state index contributed by atoms with van der Waals surface area (Å²) in [5.41, 5.74) is 1.71. The van der Waals surface area contributed by atoms with E-state index in [-0.39, 0.29) is 23.3 Å². The fourth-order valence-electron chi connectivity index (χ4n) is 3.33. The normalized spacial score (nSPS) is 18.2. The topological polar surface area (TPSA) is 105 Å². The first-order valence-corrected chi connectivity index (χ1v) is 11.1. The van der Waals surface area contributed by atoms with E-state index in [1.54, 1.807) is 24.4 Å². The molecule has 1 amide bonds. The lowest BCUT2D eigenvalue weighted by Gasteiger charge is -2.31. The number of hydrogen-bond donors (Lipinski definition) is 1. The highest BCUT2D eigenvalue weighted by molar-refractivity contribution is 7.89. The van der Waals surface area contributed by atoms with Crippen LogP contribution in [0.1, 0.15) is 18.5 Å². The van der Waals surface area contributed by atoms with E-state index in [1.165, 1.54) is 4.31 Å². The maximum Gasteiger partial charge on any atom is 0.245 e. The summed E-state index contributed by atoms with van der Waals surface area (Å²) in [4.78, 5) is 16.9. The lowest BCUT2D eigenvalue weighted by molar-refractivity contribution is -0.126. The molecule has 1 aromatic carbocycles. The molecule has 146 valence electrons. The standard InChI is InChI=1S/C18H19N5O3S2/c24-18(20-11-14-6-1-2-9-19-14)13-5-4-10-23(12-13)28(25,26)16-8-3-7-15-17(16)22-27-21-15/h1-3,6-9,13H,4-5,10-12H2,(H,20,24)/t13-/m1/s1. The summed E-state index contributed by atoms with van der Waals surface area (Å²) >= 11 is 0.987. The van der Waals surface area contributed by atoms with Crippen molar-refractivity contribution in [2.24, 2.45) is 5.92 Å². The first-order valence-electron chi connectivity index (χ1n) is 8.95. The van der Waals surface area contributed by atoms with E-state index in [0.29, 0.717) is 37.0 Å². The number of piperidine rings is 1. The van der Waals surface area contributed by atoms with Crippen LogP contribution in [0.4, 0.5) is 0 Å². The minimum atomic E-state index is -3.75. The van der Waals surface area contributed by atoms with Crippen LogP contribution in [-0.2, 0) is 21.4 Å². The summed E-state index contributed by atoms with van der Waals surface area (Å²) in [6.07, 6.45) is 2.96. The zero-order chi connectivity index (χ0) is 19.6. The van der Waals surface area contributed by atoms with Gasteiger partial charge >= 0.3 is 0 Å². The van der Waals surface area contributed by atoms with Crippen LogP contribution in [0, 0.1) is 5.92 Å². The number of nitrogens with zero attached hydrogens (tertiary/aromatic N) is 4. The molecule has 1 fully saturated rings. The van der Waals surface area contributed by atoms with Crippen LogP contribution in [0.3, 0.4) is 0 Å². The number of carbonyl (C=O) groups excluding carboxylic acids is 1. The van der Waals surface area contributed by atoms with Crippen LogP contribution in [0.25, 0.3) is 11.0 Å². The number of sulfonamides is 1. The summed E-state index contributed by atoms with van der Waals surface area (Å²) in [5.74, 6) is -0.543. The number of rotatable bonds is 5. The van der Waals surface area contributed by atoms with Gasteiger partial charge in [-0.15, -0.1) is 0 Å². The van der Waals surface area contributed by atoms with Gasteiger partial charge in [-0.3, -0.25) is 9.78 Å². The molecule has 1 aliphatic rings. The molecule has 4 rings (SSSR count).